The molecule has 0 aliphatic carbocycles. The Kier molecular flexibility index (Phi) is 4.92. The molecule has 0 amide bonds. The highest BCUT2D eigenvalue weighted by molar-refractivity contribution is 7.89. The van der Waals surface area contributed by atoms with Crippen LogP contribution in [0.1, 0.15) is 6.42 Å². The van der Waals surface area contributed by atoms with Gasteiger partial charge in [-0.2, -0.15) is 0 Å². The average Bonchev–Trinajstić information content (AvgIpc) is 2.32. The van der Waals surface area contributed by atoms with Crippen LogP contribution < -0.4 is 4.72 Å². The normalized spacial score (nSPS) is 13.2. The lowest BCUT2D eigenvalue weighted by molar-refractivity contribution is -0.146. The summed E-state index contributed by atoms with van der Waals surface area (Å²) >= 11 is 0. The van der Waals surface area contributed by atoms with Crippen molar-refractivity contribution in [2.45, 2.75) is 17.4 Å². The zero-order chi connectivity index (χ0) is 14.6. The summed E-state index contributed by atoms with van der Waals surface area (Å²) < 4.78 is 50.7. The minimum Gasteiger partial charge on any atom is -0.479 e. The number of aliphatic carboxylic acids is 1. The second kappa shape index (κ2) is 6.04. The molecular formula is C10H11F2NO5S. The molecule has 3 N–H and O–H groups in total. The molecule has 0 fully saturated rings. The van der Waals surface area contributed by atoms with Crippen LogP contribution in [0.4, 0.5) is 8.78 Å². The van der Waals surface area contributed by atoms with Crippen LogP contribution in [0.3, 0.4) is 0 Å². The van der Waals surface area contributed by atoms with Crippen LogP contribution in [0, 0.1) is 11.6 Å². The van der Waals surface area contributed by atoms with Crippen molar-refractivity contribution in [2.75, 3.05) is 6.54 Å². The van der Waals surface area contributed by atoms with Gasteiger partial charge in [-0.1, -0.05) is 0 Å². The first kappa shape index (κ1) is 15.5. The van der Waals surface area contributed by atoms with E-state index in [4.69, 9.17) is 10.2 Å². The lowest BCUT2D eigenvalue weighted by Crippen LogP contribution is -2.30. The van der Waals surface area contributed by atoms with E-state index in [2.05, 4.69) is 0 Å². The van der Waals surface area contributed by atoms with E-state index in [1.165, 1.54) is 0 Å². The maximum atomic E-state index is 12.9. The molecular weight excluding hydrogens is 284 g/mol. The molecule has 1 rings (SSSR count). The van der Waals surface area contributed by atoms with Gasteiger partial charge in [-0.3, -0.25) is 0 Å². The highest BCUT2D eigenvalue weighted by atomic mass is 32.2. The Morgan fingerprint density at radius 3 is 2.47 bits per heavy atom. The molecule has 6 nitrogen and oxygen atoms in total. The first-order chi connectivity index (χ1) is 8.74. The molecule has 106 valence electrons. The van der Waals surface area contributed by atoms with Crippen molar-refractivity contribution < 1.29 is 32.2 Å². The number of benzene rings is 1. The first-order valence-electron chi connectivity index (χ1n) is 5.09. The van der Waals surface area contributed by atoms with Gasteiger partial charge in [0.15, 0.2) is 17.7 Å². The zero-order valence-electron chi connectivity index (χ0n) is 9.51. The minimum absolute atomic E-state index is 0.349. The fourth-order valence-electron chi connectivity index (χ4n) is 1.18. The van der Waals surface area contributed by atoms with Gasteiger partial charge in [-0.25, -0.2) is 26.7 Å². The van der Waals surface area contributed by atoms with Crippen LogP contribution in [-0.2, 0) is 14.8 Å². The molecule has 0 aliphatic heterocycles. The van der Waals surface area contributed by atoms with E-state index in [0.29, 0.717) is 12.1 Å². The maximum absolute atomic E-state index is 12.9. The quantitative estimate of drug-likeness (QED) is 0.689. The number of carboxylic acids is 1. The summed E-state index contributed by atoms with van der Waals surface area (Å²) in [6.45, 7) is -0.352. The summed E-state index contributed by atoms with van der Waals surface area (Å²) in [5, 5.41) is 17.3. The SMILES string of the molecule is O=C(O)C(O)CCNS(=O)(=O)c1ccc(F)c(F)c1. The molecule has 0 saturated carbocycles. The summed E-state index contributed by atoms with van der Waals surface area (Å²) in [6, 6.07) is 2.04. The molecule has 0 saturated heterocycles. The predicted octanol–water partition coefficient (Wildman–Crippen LogP) is 0.0787. The number of sulfonamides is 1. The Bertz CT molecular complexity index is 575. The number of carbonyl (C=O) groups is 1. The number of nitrogens with one attached hydrogen (secondary N) is 1. The average molecular weight is 295 g/mol. The number of rotatable bonds is 6. The van der Waals surface area contributed by atoms with Crippen molar-refractivity contribution in [1.82, 2.24) is 4.72 Å². The zero-order valence-corrected chi connectivity index (χ0v) is 10.3. The number of hydrogen-bond donors (Lipinski definition) is 3. The van der Waals surface area contributed by atoms with Gasteiger partial charge in [-0.05, 0) is 24.6 Å². The van der Waals surface area contributed by atoms with Crippen LogP contribution in [0.25, 0.3) is 0 Å². The lowest BCUT2D eigenvalue weighted by Gasteiger charge is -2.08. The Morgan fingerprint density at radius 2 is 1.95 bits per heavy atom. The van der Waals surface area contributed by atoms with Gasteiger partial charge in [0, 0.05) is 6.54 Å². The smallest absolute Gasteiger partial charge is 0.332 e. The topological polar surface area (TPSA) is 104 Å². The summed E-state index contributed by atoms with van der Waals surface area (Å²) in [5.41, 5.74) is 0. The molecule has 1 atom stereocenters. The molecule has 0 radical (unpaired) electrons. The van der Waals surface area contributed by atoms with E-state index >= 15 is 0 Å². The van der Waals surface area contributed by atoms with E-state index < -0.39 is 38.6 Å². The summed E-state index contributed by atoms with van der Waals surface area (Å²) in [5.74, 6) is -3.97. The number of carboxylic acid groups (broad SMARTS) is 1. The summed E-state index contributed by atoms with van der Waals surface area (Å²) in [7, 11) is -4.08. The van der Waals surface area contributed by atoms with Crippen LogP contribution in [0.5, 0.6) is 0 Å². The van der Waals surface area contributed by atoms with Gasteiger partial charge < -0.3 is 10.2 Å². The van der Waals surface area contributed by atoms with Crippen LogP contribution in [0.2, 0.25) is 0 Å². The lowest BCUT2D eigenvalue weighted by atomic mass is 10.3. The molecule has 1 aromatic rings. The van der Waals surface area contributed by atoms with Crippen molar-refractivity contribution in [2.24, 2.45) is 0 Å². The van der Waals surface area contributed by atoms with Gasteiger partial charge in [0.1, 0.15) is 0 Å². The van der Waals surface area contributed by atoms with Gasteiger partial charge in [0.05, 0.1) is 4.90 Å². The van der Waals surface area contributed by atoms with Gasteiger partial charge >= 0.3 is 5.97 Å². The van der Waals surface area contributed by atoms with Crippen molar-refractivity contribution in [1.29, 1.82) is 0 Å². The van der Waals surface area contributed by atoms with Crippen molar-refractivity contribution in [3.8, 4) is 0 Å². The Labute approximate surface area is 107 Å². The second-order valence-corrected chi connectivity index (χ2v) is 5.38. The molecule has 0 aromatic heterocycles. The van der Waals surface area contributed by atoms with Gasteiger partial charge in [0.2, 0.25) is 10.0 Å². The summed E-state index contributed by atoms with van der Waals surface area (Å²) in [6.07, 6.45) is -2.05. The highest BCUT2D eigenvalue weighted by Crippen LogP contribution is 2.13. The fraction of sp³-hybridized carbons (Fsp3) is 0.300. The van der Waals surface area contributed by atoms with Crippen molar-refractivity contribution >= 4 is 16.0 Å². The standard InChI is InChI=1S/C10H11F2NO5S/c11-7-2-1-6(5-8(7)12)19(17,18)13-4-3-9(14)10(15)16/h1-2,5,9,13-14H,3-4H2,(H,15,16). The molecule has 0 heterocycles. The van der Waals surface area contributed by atoms with Crippen molar-refractivity contribution in [3.63, 3.8) is 0 Å². The van der Waals surface area contributed by atoms with E-state index in [9.17, 15) is 22.0 Å². The number of aliphatic hydroxyl groups is 1. The molecule has 1 unspecified atom stereocenters. The van der Waals surface area contributed by atoms with Crippen LogP contribution in [-0.4, -0.2) is 37.2 Å². The molecule has 1 aromatic carbocycles. The second-order valence-electron chi connectivity index (χ2n) is 3.62. The van der Waals surface area contributed by atoms with E-state index in [0.717, 1.165) is 6.07 Å². The Hall–Kier alpha value is -1.58. The van der Waals surface area contributed by atoms with Crippen LogP contribution in [0.15, 0.2) is 23.1 Å². The Morgan fingerprint density at radius 1 is 1.32 bits per heavy atom. The third-order valence-electron chi connectivity index (χ3n) is 2.20. The number of halogens is 2. The number of hydrogen-bond acceptors (Lipinski definition) is 4. The summed E-state index contributed by atoms with van der Waals surface area (Å²) in [4.78, 5) is 9.80. The largest absolute Gasteiger partial charge is 0.479 e. The Balaban J connectivity index is 2.71. The fourth-order valence-corrected chi connectivity index (χ4v) is 2.24. The van der Waals surface area contributed by atoms with Crippen molar-refractivity contribution in [3.05, 3.63) is 29.8 Å². The maximum Gasteiger partial charge on any atom is 0.332 e. The van der Waals surface area contributed by atoms with Gasteiger partial charge in [0.25, 0.3) is 0 Å². The van der Waals surface area contributed by atoms with Gasteiger partial charge in [-0.15, -0.1) is 0 Å². The van der Waals surface area contributed by atoms with E-state index in [1.807, 2.05) is 4.72 Å². The highest BCUT2D eigenvalue weighted by Gasteiger charge is 2.18. The van der Waals surface area contributed by atoms with E-state index in [1.54, 1.807) is 0 Å². The monoisotopic (exact) mass is 295 g/mol. The molecule has 0 bridgehead atoms. The molecule has 19 heavy (non-hydrogen) atoms. The minimum atomic E-state index is -4.08. The first-order valence-corrected chi connectivity index (χ1v) is 6.58. The molecule has 0 spiro atoms. The van der Waals surface area contributed by atoms with Crippen LogP contribution >= 0.6 is 0 Å². The number of aliphatic hydroxyl groups excluding tert-OH is 1. The molecule has 0 aliphatic rings. The van der Waals surface area contributed by atoms with E-state index in [-0.39, 0.29) is 13.0 Å². The third-order valence-corrected chi connectivity index (χ3v) is 3.65. The molecule has 9 heteroatoms. The third kappa shape index (κ3) is 4.23. The predicted molar refractivity (Wildman–Crippen MR) is 59.8 cm³/mol.